The number of hydrogen-bond acceptors (Lipinski definition) is 6. The summed E-state index contributed by atoms with van der Waals surface area (Å²) in [4.78, 5) is 16.1. The van der Waals surface area contributed by atoms with Gasteiger partial charge in [-0.2, -0.15) is 10.1 Å². The lowest BCUT2D eigenvalue weighted by atomic mass is 10.1. The Hall–Kier alpha value is -3.00. The molecule has 5 heterocycles. The second-order valence-electron chi connectivity index (χ2n) is 8.54. The van der Waals surface area contributed by atoms with E-state index in [2.05, 4.69) is 55.6 Å². The van der Waals surface area contributed by atoms with Crippen molar-refractivity contribution >= 4 is 16.7 Å². The zero-order chi connectivity index (χ0) is 20.2. The smallest absolute Gasteiger partial charge is 0.242 e. The number of rotatable bonds is 4. The molecule has 1 aliphatic heterocycles. The minimum Gasteiger partial charge on any atom is -0.473 e. The summed E-state index contributed by atoms with van der Waals surface area (Å²) in [5.41, 5.74) is 4.88. The Bertz CT molecular complexity index is 1230. The fourth-order valence-electron chi connectivity index (χ4n) is 4.54. The van der Waals surface area contributed by atoms with E-state index in [9.17, 15) is 0 Å². The molecule has 154 valence electrons. The maximum absolute atomic E-state index is 6.36. The number of piperidine rings is 1. The van der Waals surface area contributed by atoms with Crippen LogP contribution in [-0.4, -0.2) is 60.3 Å². The molecule has 0 N–H and O–H groups in total. The van der Waals surface area contributed by atoms with Gasteiger partial charge in [0.15, 0.2) is 5.65 Å². The second-order valence-corrected chi connectivity index (χ2v) is 8.54. The summed E-state index contributed by atoms with van der Waals surface area (Å²) < 4.78 is 10.5. The lowest BCUT2D eigenvalue weighted by Crippen LogP contribution is -2.35. The molecular weight excluding hydrogens is 378 g/mol. The van der Waals surface area contributed by atoms with E-state index >= 15 is 0 Å². The molecule has 2 fully saturated rings. The summed E-state index contributed by atoms with van der Waals surface area (Å²) in [6, 6.07) is 4.82. The van der Waals surface area contributed by atoms with Crippen LogP contribution in [0.5, 0.6) is 5.88 Å². The molecule has 30 heavy (non-hydrogen) atoms. The molecule has 1 saturated heterocycles. The molecule has 0 amide bonds. The van der Waals surface area contributed by atoms with E-state index < -0.39 is 0 Å². The third-order valence-corrected chi connectivity index (χ3v) is 6.31. The standard InChI is InChI=1S/C22H25N7O/c1-14-26-21-19(29(14)16-3-4-16)11-15(12-23-21)18-7-10-28-20(18)22(24-13-25-28)30-17-5-8-27(2)9-6-17/h7,10-13,16-17H,3-6,8-9H2,1-2H3. The van der Waals surface area contributed by atoms with Gasteiger partial charge in [0.2, 0.25) is 5.88 Å². The van der Waals surface area contributed by atoms with Gasteiger partial charge in [-0.15, -0.1) is 0 Å². The lowest BCUT2D eigenvalue weighted by Gasteiger charge is -2.29. The number of likely N-dealkylation sites (tertiary alicyclic amines) is 1. The van der Waals surface area contributed by atoms with Gasteiger partial charge in [-0.1, -0.05) is 0 Å². The molecule has 8 heteroatoms. The van der Waals surface area contributed by atoms with E-state index in [1.165, 1.54) is 12.8 Å². The molecule has 8 nitrogen and oxygen atoms in total. The van der Waals surface area contributed by atoms with Crippen LogP contribution in [0.1, 0.15) is 37.5 Å². The van der Waals surface area contributed by atoms with Crippen molar-refractivity contribution in [1.29, 1.82) is 0 Å². The SMILES string of the molecule is Cc1nc2ncc(-c3ccn4ncnc(OC5CCN(C)CC5)c34)cc2n1C1CC1. The molecule has 0 aromatic carbocycles. The highest BCUT2D eigenvalue weighted by atomic mass is 16.5. The third-order valence-electron chi connectivity index (χ3n) is 6.31. The normalized spacial score (nSPS) is 18.5. The number of aryl methyl sites for hydroxylation is 1. The number of imidazole rings is 1. The van der Waals surface area contributed by atoms with E-state index in [0.29, 0.717) is 11.9 Å². The fraction of sp³-hybridized carbons (Fsp3) is 0.455. The first-order valence-electron chi connectivity index (χ1n) is 10.7. The predicted octanol–water partition coefficient (Wildman–Crippen LogP) is 3.26. The molecule has 0 radical (unpaired) electrons. The fourth-order valence-corrected chi connectivity index (χ4v) is 4.54. The summed E-state index contributed by atoms with van der Waals surface area (Å²) in [6.07, 6.45) is 10.1. The van der Waals surface area contributed by atoms with Gasteiger partial charge >= 0.3 is 0 Å². The van der Waals surface area contributed by atoms with Gasteiger partial charge in [-0.25, -0.2) is 14.5 Å². The highest BCUT2D eigenvalue weighted by molar-refractivity contribution is 5.88. The average molecular weight is 403 g/mol. The zero-order valence-corrected chi connectivity index (χ0v) is 17.3. The van der Waals surface area contributed by atoms with Gasteiger partial charge in [-0.3, -0.25) is 0 Å². The van der Waals surface area contributed by atoms with Gasteiger partial charge in [0.1, 0.15) is 23.8 Å². The lowest BCUT2D eigenvalue weighted by molar-refractivity contribution is 0.111. The Kier molecular flexibility index (Phi) is 4.02. The highest BCUT2D eigenvalue weighted by Gasteiger charge is 2.28. The predicted molar refractivity (Wildman–Crippen MR) is 114 cm³/mol. The first kappa shape index (κ1) is 17.8. The number of pyridine rings is 1. The van der Waals surface area contributed by atoms with Crippen LogP contribution in [0.15, 0.2) is 30.9 Å². The van der Waals surface area contributed by atoms with Crippen molar-refractivity contribution in [3.63, 3.8) is 0 Å². The van der Waals surface area contributed by atoms with Gasteiger partial charge in [0.25, 0.3) is 0 Å². The highest BCUT2D eigenvalue weighted by Crippen LogP contribution is 2.39. The molecule has 0 unspecified atom stereocenters. The van der Waals surface area contributed by atoms with Crippen molar-refractivity contribution in [2.24, 2.45) is 0 Å². The summed E-state index contributed by atoms with van der Waals surface area (Å²) in [5, 5.41) is 4.39. The van der Waals surface area contributed by atoms with E-state index in [0.717, 1.165) is 59.6 Å². The molecule has 4 aromatic rings. The molecule has 0 atom stereocenters. The number of hydrogen-bond donors (Lipinski definition) is 0. The largest absolute Gasteiger partial charge is 0.473 e. The summed E-state index contributed by atoms with van der Waals surface area (Å²) in [7, 11) is 2.15. The van der Waals surface area contributed by atoms with E-state index in [1.807, 2.05) is 16.9 Å². The summed E-state index contributed by atoms with van der Waals surface area (Å²) in [5.74, 6) is 1.68. The average Bonchev–Trinajstić information content (AvgIpc) is 3.39. The van der Waals surface area contributed by atoms with Gasteiger partial charge < -0.3 is 14.2 Å². The molecule has 1 aliphatic carbocycles. The monoisotopic (exact) mass is 403 g/mol. The second kappa shape index (κ2) is 6.77. The Morgan fingerprint density at radius 2 is 1.93 bits per heavy atom. The van der Waals surface area contributed by atoms with Crippen LogP contribution in [0, 0.1) is 6.92 Å². The Morgan fingerprint density at radius 1 is 1.10 bits per heavy atom. The van der Waals surface area contributed by atoms with Crippen LogP contribution in [0.3, 0.4) is 0 Å². The summed E-state index contributed by atoms with van der Waals surface area (Å²) in [6.45, 7) is 4.16. The first-order valence-corrected chi connectivity index (χ1v) is 10.7. The number of nitrogens with zero attached hydrogens (tertiary/aromatic N) is 7. The van der Waals surface area contributed by atoms with Crippen LogP contribution in [0.4, 0.5) is 0 Å². The summed E-state index contributed by atoms with van der Waals surface area (Å²) >= 11 is 0. The van der Waals surface area contributed by atoms with Crippen LogP contribution in [0.25, 0.3) is 27.8 Å². The minimum atomic E-state index is 0.183. The van der Waals surface area contributed by atoms with Gasteiger partial charge in [0.05, 0.1) is 5.52 Å². The molecule has 2 aliphatic rings. The quantitative estimate of drug-likeness (QED) is 0.521. The Labute approximate surface area is 174 Å². The molecule has 4 aromatic heterocycles. The van der Waals surface area contributed by atoms with E-state index in [1.54, 1.807) is 6.33 Å². The van der Waals surface area contributed by atoms with E-state index in [-0.39, 0.29) is 6.10 Å². The topological polar surface area (TPSA) is 73.4 Å². The van der Waals surface area contributed by atoms with Crippen LogP contribution < -0.4 is 4.74 Å². The number of aromatic nitrogens is 6. The van der Waals surface area contributed by atoms with Crippen LogP contribution >= 0.6 is 0 Å². The Morgan fingerprint density at radius 3 is 2.73 bits per heavy atom. The van der Waals surface area contributed by atoms with Crippen LogP contribution in [0.2, 0.25) is 0 Å². The van der Waals surface area contributed by atoms with Gasteiger partial charge in [0, 0.05) is 42.7 Å². The zero-order valence-electron chi connectivity index (χ0n) is 17.3. The van der Waals surface area contributed by atoms with Crippen molar-refractivity contribution in [1.82, 2.24) is 34.0 Å². The Balaban J connectivity index is 1.43. The van der Waals surface area contributed by atoms with Crippen molar-refractivity contribution in [3.05, 3.63) is 36.7 Å². The van der Waals surface area contributed by atoms with Crippen molar-refractivity contribution < 1.29 is 4.74 Å². The molecule has 0 bridgehead atoms. The third kappa shape index (κ3) is 2.94. The molecule has 0 spiro atoms. The first-order chi connectivity index (χ1) is 14.7. The molecular formula is C22H25N7O. The minimum absolute atomic E-state index is 0.183. The van der Waals surface area contributed by atoms with Crippen molar-refractivity contribution in [3.8, 4) is 17.0 Å². The van der Waals surface area contributed by atoms with Crippen LogP contribution in [-0.2, 0) is 0 Å². The van der Waals surface area contributed by atoms with Crippen molar-refractivity contribution in [2.75, 3.05) is 20.1 Å². The number of fused-ring (bicyclic) bond motifs is 2. The van der Waals surface area contributed by atoms with Gasteiger partial charge in [-0.05, 0) is 51.8 Å². The molecule has 1 saturated carbocycles. The maximum atomic E-state index is 6.36. The maximum Gasteiger partial charge on any atom is 0.242 e. The van der Waals surface area contributed by atoms with Crippen molar-refractivity contribution in [2.45, 2.75) is 44.8 Å². The number of ether oxygens (including phenoxy) is 1. The molecule has 6 rings (SSSR count). The van der Waals surface area contributed by atoms with E-state index in [4.69, 9.17) is 4.74 Å².